The minimum atomic E-state index is -0.175. The molecule has 0 bridgehead atoms. The number of carbonyl (C=O) groups is 2. The SMILES string of the molecule is CC(=O)Nc1ccc(C(=O)NCc2cnc[nH]2)s1. The fraction of sp³-hybridized carbons (Fsp3) is 0.182. The molecule has 2 aromatic heterocycles. The third-order valence-corrected chi connectivity index (χ3v) is 3.12. The highest BCUT2D eigenvalue weighted by Crippen LogP contribution is 2.21. The van der Waals surface area contributed by atoms with Gasteiger partial charge in [0.1, 0.15) is 0 Å². The van der Waals surface area contributed by atoms with Crippen molar-refractivity contribution >= 4 is 28.2 Å². The quantitative estimate of drug-likeness (QED) is 0.779. The molecule has 0 aliphatic carbocycles. The number of aromatic amines is 1. The number of carbonyl (C=O) groups excluding carboxylic acids is 2. The summed E-state index contributed by atoms with van der Waals surface area (Å²) in [6.45, 7) is 1.82. The highest BCUT2D eigenvalue weighted by atomic mass is 32.1. The van der Waals surface area contributed by atoms with E-state index in [4.69, 9.17) is 0 Å². The van der Waals surface area contributed by atoms with E-state index in [1.807, 2.05) is 0 Å². The van der Waals surface area contributed by atoms with Crippen molar-refractivity contribution in [1.82, 2.24) is 15.3 Å². The molecule has 2 rings (SSSR count). The summed E-state index contributed by atoms with van der Waals surface area (Å²) >= 11 is 1.24. The maximum Gasteiger partial charge on any atom is 0.261 e. The lowest BCUT2D eigenvalue weighted by Gasteiger charge is -2.00. The van der Waals surface area contributed by atoms with Crippen molar-refractivity contribution < 1.29 is 9.59 Å². The lowest BCUT2D eigenvalue weighted by atomic mass is 10.4. The van der Waals surface area contributed by atoms with Gasteiger partial charge in [0.15, 0.2) is 0 Å². The first-order valence-corrected chi connectivity index (χ1v) is 6.09. The first-order chi connectivity index (χ1) is 8.65. The van der Waals surface area contributed by atoms with Gasteiger partial charge < -0.3 is 15.6 Å². The fourth-order valence-electron chi connectivity index (χ4n) is 1.34. The molecule has 0 unspecified atom stereocenters. The Bertz CT molecular complexity index is 547. The van der Waals surface area contributed by atoms with Crippen LogP contribution in [0.1, 0.15) is 22.3 Å². The standard InChI is InChI=1S/C11H12N4O2S/c1-7(16)15-10-3-2-9(18-10)11(17)13-5-8-4-12-6-14-8/h2-4,6H,5H2,1H3,(H,12,14)(H,13,17)(H,15,16). The average molecular weight is 264 g/mol. The Kier molecular flexibility index (Phi) is 3.73. The molecule has 0 saturated heterocycles. The molecule has 0 atom stereocenters. The van der Waals surface area contributed by atoms with Crippen LogP contribution < -0.4 is 10.6 Å². The van der Waals surface area contributed by atoms with Gasteiger partial charge in [-0.1, -0.05) is 0 Å². The summed E-state index contributed by atoms with van der Waals surface area (Å²) in [7, 11) is 0. The summed E-state index contributed by atoms with van der Waals surface area (Å²) in [5, 5.41) is 6.05. The summed E-state index contributed by atoms with van der Waals surface area (Å²) in [5.41, 5.74) is 0.835. The van der Waals surface area contributed by atoms with Gasteiger partial charge in [-0.05, 0) is 12.1 Å². The number of hydrogen-bond donors (Lipinski definition) is 3. The third kappa shape index (κ3) is 3.17. The molecule has 2 heterocycles. The van der Waals surface area contributed by atoms with Crippen molar-refractivity contribution in [3.63, 3.8) is 0 Å². The molecule has 0 aliphatic heterocycles. The number of H-pyrrole nitrogens is 1. The molecule has 6 nitrogen and oxygen atoms in total. The smallest absolute Gasteiger partial charge is 0.261 e. The van der Waals surface area contributed by atoms with Gasteiger partial charge in [0.25, 0.3) is 5.91 Å². The maximum absolute atomic E-state index is 11.8. The monoisotopic (exact) mass is 264 g/mol. The van der Waals surface area contributed by atoms with Gasteiger partial charge in [-0.15, -0.1) is 11.3 Å². The second-order valence-electron chi connectivity index (χ2n) is 3.60. The van der Waals surface area contributed by atoms with Gasteiger partial charge >= 0.3 is 0 Å². The van der Waals surface area contributed by atoms with Crippen LogP contribution in [0, 0.1) is 0 Å². The molecule has 94 valence electrons. The molecule has 7 heteroatoms. The van der Waals surface area contributed by atoms with Gasteiger partial charge in [-0.2, -0.15) is 0 Å². The zero-order valence-corrected chi connectivity index (χ0v) is 10.5. The number of nitrogens with zero attached hydrogens (tertiary/aromatic N) is 1. The molecule has 2 aromatic rings. The lowest BCUT2D eigenvalue weighted by Crippen LogP contribution is -2.21. The highest BCUT2D eigenvalue weighted by Gasteiger charge is 2.09. The summed E-state index contributed by atoms with van der Waals surface area (Å²) < 4.78 is 0. The molecular weight excluding hydrogens is 252 g/mol. The number of amides is 2. The van der Waals surface area contributed by atoms with Gasteiger partial charge in [-0.3, -0.25) is 9.59 Å². The number of rotatable bonds is 4. The normalized spacial score (nSPS) is 10.1. The zero-order chi connectivity index (χ0) is 13.0. The number of imidazole rings is 1. The summed E-state index contributed by atoms with van der Waals surface area (Å²) in [6, 6.07) is 3.38. The molecule has 0 fully saturated rings. The minimum Gasteiger partial charge on any atom is -0.347 e. The van der Waals surface area contributed by atoms with Crippen molar-refractivity contribution in [2.75, 3.05) is 5.32 Å². The first-order valence-electron chi connectivity index (χ1n) is 5.28. The molecule has 0 aromatic carbocycles. The molecule has 0 radical (unpaired) electrons. The van der Waals surface area contributed by atoms with Crippen molar-refractivity contribution in [3.8, 4) is 0 Å². The average Bonchev–Trinajstić information content (AvgIpc) is 2.95. The predicted molar refractivity (Wildman–Crippen MR) is 68.4 cm³/mol. The Labute approximate surface area is 107 Å². The molecule has 0 spiro atoms. The van der Waals surface area contributed by atoms with E-state index >= 15 is 0 Å². The largest absolute Gasteiger partial charge is 0.347 e. The number of nitrogens with one attached hydrogen (secondary N) is 3. The van der Waals surface area contributed by atoms with Crippen LogP contribution in [0.15, 0.2) is 24.7 Å². The van der Waals surface area contributed by atoms with Crippen LogP contribution in [0.5, 0.6) is 0 Å². The van der Waals surface area contributed by atoms with Crippen molar-refractivity contribution in [2.24, 2.45) is 0 Å². The van der Waals surface area contributed by atoms with Crippen LogP contribution >= 0.6 is 11.3 Å². The lowest BCUT2D eigenvalue weighted by molar-refractivity contribution is -0.114. The van der Waals surface area contributed by atoms with Crippen LogP contribution in [-0.2, 0) is 11.3 Å². The third-order valence-electron chi connectivity index (χ3n) is 2.12. The fourth-order valence-corrected chi connectivity index (χ4v) is 2.21. The second-order valence-corrected chi connectivity index (χ2v) is 4.69. The van der Waals surface area contributed by atoms with Crippen LogP contribution in [-0.4, -0.2) is 21.8 Å². The van der Waals surface area contributed by atoms with Gasteiger partial charge in [0, 0.05) is 13.1 Å². The Hall–Kier alpha value is -2.15. The van der Waals surface area contributed by atoms with Crippen LogP contribution in [0.25, 0.3) is 0 Å². The predicted octanol–water partition coefficient (Wildman–Crippen LogP) is 1.36. The van der Waals surface area contributed by atoms with Gasteiger partial charge in [0.2, 0.25) is 5.91 Å². The molecule has 3 N–H and O–H groups in total. The van der Waals surface area contributed by atoms with Crippen LogP contribution in [0.4, 0.5) is 5.00 Å². The second kappa shape index (κ2) is 5.46. The van der Waals surface area contributed by atoms with Crippen LogP contribution in [0.3, 0.4) is 0 Å². The molecular formula is C11H12N4O2S. The molecule has 18 heavy (non-hydrogen) atoms. The first kappa shape index (κ1) is 12.3. The Balaban J connectivity index is 1.92. The summed E-state index contributed by atoms with van der Waals surface area (Å²) in [5.74, 6) is -0.326. The molecule has 0 aliphatic rings. The van der Waals surface area contributed by atoms with E-state index < -0.39 is 0 Å². The summed E-state index contributed by atoms with van der Waals surface area (Å²) in [4.78, 5) is 30.0. The van der Waals surface area contributed by atoms with E-state index in [2.05, 4.69) is 20.6 Å². The summed E-state index contributed by atoms with van der Waals surface area (Å²) in [6.07, 6.45) is 3.21. The van der Waals surface area contributed by atoms with E-state index in [1.165, 1.54) is 18.3 Å². The van der Waals surface area contributed by atoms with Crippen molar-refractivity contribution in [3.05, 3.63) is 35.2 Å². The Morgan fingerprint density at radius 2 is 2.28 bits per heavy atom. The van der Waals surface area contributed by atoms with E-state index in [0.717, 1.165) is 5.69 Å². The Morgan fingerprint density at radius 1 is 1.44 bits per heavy atom. The van der Waals surface area contributed by atoms with Crippen molar-refractivity contribution in [2.45, 2.75) is 13.5 Å². The van der Waals surface area contributed by atoms with Crippen molar-refractivity contribution in [1.29, 1.82) is 0 Å². The van der Waals surface area contributed by atoms with E-state index in [9.17, 15) is 9.59 Å². The molecule has 2 amide bonds. The topological polar surface area (TPSA) is 86.9 Å². The number of hydrogen-bond acceptors (Lipinski definition) is 4. The number of aromatic nitrogens is 2. The highest BCUT2D eigenvalue weighted by molar-refractivity contribution is 7.18. The van der Waals surface area contributed by atoms with E-state index in [0.29, 0.717) is 16.4 Å². The van der Waals surface area contributed by atoms with E-state index in [1.54, 1.807) is 24.7 Å². The van der Waals surface area contributed by atoms with Gasteiger partial charge in [0.05, 0.1) is 28.4 Å². The van der Waals surface area contributed by atoms with Gasteiger partial charge in [-0.25, -0.2) is 4.98 Å². The zero-order valence-electron chi connectivity index (χ0n) is 9.69. The maximum atomic E-state index is 11.8. The molecule has 0 saturated carbocycles. The number of thiophene rings is 1. The minimum absolute atomic E-state index is 0.152. The van der Waals surface area contributed by atoms with Crippen LogP contribution in [0.2, 0.25) is 0 Å². The Morgan fingerprint density at radius 3 is 2.94 bits per heavy atom. The van der Waals surface area contributed by atoms with E-state index in [-0.39, 0.29) is 11.8 Å². The number of anilines is 1.